The Hall–Kier alpha value is -3.68. The zero-order valence-corrected chi connectivity index (χ0v) is 19.0. The largest absolute Gasteiger partial charge is 0.493 e. The highest BCUT2D eigenvalue weighted by atomic mass is 16.5. The standard InChI is InChI=1S/C24H28N2O6/c1-7-12-26-17-13-15(8-10-18(17)32-14-24(2,3)23(26)28)25-22(27)16-9-11-19(29-4)21(31-6)20(16)30-5/h7-11,13H,1,12,14H2,2-6H3,(H,25,27). The van der Waals surface area contributed by atoms with E-state index in [0.29, 0.717) is 35.2 Å². The van der Waals surface area contributed by atoms with Gasteiger partial charge in [-0.2, -0.15) is 0 Å². The third kappa shape index (κ3) is 4.21. The van der Waals surface area contributed by atoms with E-state index in [9.17, 15) is 9.59 Å². The Labute approximate surface area is 187 Å². The Morgan fingerprint density at radius 1 is 1.16 bits per heavy atom. The first-order valence-corrected chi connectivity index (χ1v) is 10.1. The van der Waals surface area contributed by atoms with Crippen molar-refractivity contribution < 1.29 is 28.5 Å². The second-order valence-electron chi connectivity index (χ2n) is 7.90. The van der Waals surface area contributed by atoms with Gasteiger partial charge in [0.05, 0.1) is 38.0 Å². The fourth-order valence-corrected chi connectivity index (χ4v) is 3.51. The summed E-state index contributed by atoms with van der Waals surface area (Å²) in [6.07, 6.45) is 1.66. The van der Waals surface area contributed by atoms with Gasteiger partial charge in [0.25, 0.3) is 5.91 Å². The Morgan fingerprint density at radius 3 is 2.50 bits per heavy atom. The van der Waals surface area contributed by atoms with E-state index >= 15 is 0 Å². The molecule has 2 aromatic carbocycles. The van der Waals surface area contributed by atoms with E-state index in [0.717, 1.165) is 0 Å². The second kappa shape index (κ2) is 9.21. The molecule has 8 nitrogen and oxygen atoms in total. The van der Waals surface area contributed by atoms with Gasteiger partial charge in [-0.15, -0.1) is 6.58 Å². The van der Waals surface area contributed by atoms with Crippen LogP contribution in [-0.4, -0.2) is 46.3 Å². The smallest absolute Gasteiger partial charge is 0.259 e. The van der Waals surface area contributed by atoms with Gasteiger partial charge in [-0.05, 0) is 44.2 Å². The molecule has 0 atom stereocenters. The molecule has 0 saturated heterocycles. The van der Waals surface area contributed by atoms with Gasteiger partial charge < -0.3 is 29.2 Å². The maximum absolute atomic E-state index is 13.1. The summed E-state index contributed by atoms with van der Waals surface area (Å²) in [5.74, 6) is 1.10. The van der Waals surface area contributed by atoms with Gasteiger partial charge in [-0.25, -0.2) is 0 Å². The van der Waals surface area contributed by atoms with Gasteiger partial charge in [0.1, 0.15) is 12.4 Å². The van der Waals surface area contributed by atoms with E-state index < -0.39 is 11.3 Å². The molecular formula is C24H28N2O6. The van der Waals surface area contributed by atoms with Crippen LogP contribution in [0.5, 0.6) is 23.0 Å². The number of methoxy groups -OCH3 is 3. The number of rotatable bonds is 7. The van der Waals surface area contributed by atoms with Crippen LogP contribution < -0.4 is 29.2 Å². The van der Waals surface area contributed by atoms with Crippen LogP contribution in [0.25, 0.3) is 0 Å². The number of carbonyl (C=O) groups excluding carboxylic acids is 2. The zero-order chi connectivity index (χ0) is 23.5. The Balaban J connectivity index is 1.97. The van der Waals surface area contributed by atoms with E-state index in [1.807, 2.05) is 13.8 Å². The SMILES string of the molecule is C=CCN1C(=O)C(C)(C)COc2ccc(NC(=O)c3ccc(OC)c(OC)c3OC)cc21. The quantitative estimate of drug-likeness (QED) is 0.657. The second-order valence-corrected chi connectivity index (χ2v) is 7.90. The lowest BCUT2D eigenvalue weighted by atomic mass is 9.93. The van der Waals surface area contributed by atoms with Crippen LogP contribution in [0, 0.1) is 5.41 Å². The molecule has 1 aliphatic rings. The number of hydrogen-bond acceptors (Lipinski definition) is 6. The molecule has 2 amide bonds. The number of amides is 2. The number of nitrogens with one attached hydrogen (secondary N) is 1. The normalized spacial score (nSPS) is 14.5. The Morgan fingerprint density at radius 2 is 1.88 bits per heavy atom. The van der Waals surface area contributed by atoms with Gasteiger partial charge in [0, 0.05) is 12.2 Å². The predicted octanol–water partition coefficient (Wildman–Crippen LogP) is 3.90. The molecular weight excluding hydrogens is 412 g/mol. The van der Waals surface area contributed by atoms with Gasteiger partial charge in [-0.1, -0.05) is 6.08 Å². The van der Waals surface area contributed by atoms with Crippen molar-refractivity contribution in [2.75, 3.05) is 44.7 Å². The molecule has 170 valence electrons. The summed E-state index contributed by atoms with van der Waals surface area (Å²) in [5.41, 5.74) is 0.642. The highest BCUT2D eigenvalue weighted by Gasteiger charge is 2.37. The molecule has 0 bridgehead atoms. The lowest BCUT2D eigenvalue weighted by molar-refractivity contribution is -0.127. The molecule has 0 radical (unpaired) electrons. The van der Waals surface area contributed by atoms with Crippen molar-refractivity contribution in [3.05, 3.63) is 48.6 Å². The van der Waals surface area contributed by atoms with E-state index in [1.165, 1.54) is 21.3 Å². The average Bonchev–Trinajstić information content (AvgIpc) is 2.88. The van der Waals surface area contributed by atoms with E-state index in [4.69, 9.17) is 18.9 Å². The molecule has 8 heteroatoms. The van der Waals surface area contributed by atoms with Gasteiger partial charge in [-0.3, -0.25) is 9.59 Å². The van der Waals surface area contributed by atoms with Crippen LogP contribution >= 0.6 is 0 Å². The highest BCUT2D eigenvalue weighted by Crippen LogP contribution is 2.41. The monoisotopic (exact) mass is 440 g/mol. The predicted molar refractivity (Wildman–Crippen MR) is 122 cm³/mol. The fraction of sp³-hybridized carbons (Fsp3) is 0.333. The van der Waals surface area contributed by atoms with Crippen LogP contribution in [0.1, 0.15) is 24.2 Å². The molecule has 0 fully saturated rings. The first kappa shape index (κ1) is 23.0. The third-order valence-electron chi connectivity index (χ3n) is 5.18. The molecule has 1 N–H and O–H groups in total. The molecule has 0 unspecified atom stereocenters. The maximum atomic E-state index is 13.1. The molecule has 0 aromatic heterocycles. The third-order valence-corrected chi connectivity index (χ3v) is 5.18. The number of benzene rings is 2. The summed E-state index contributed by atoms with van der Waals surface area (Å²) >= 11 is 0. The van der Waals surface area contributed by atoms with E-state index in [-0.39, 0.29) is 23.8 Å². The molecule has 1 aliphatic heterocycles. The summed E-state index contributed by atoms with van der Waals surface area (Å²) < 4.78 is 21.9. The van der Waals surface area contributed by atoms with Crippen molar-refractivity contribution in [3.63, 3.8) is 0 Å². The summed E-state index contributed by atoms with van der Waals surface area (Å²) in [7, 11) is 4.43. The van der Waals surface area contributed by atoms with Crippen molar-refractivity contribution in [1.82, 2.24) is 0 Å². The first-order valence-electron chi connectivity index (χ1n) is 10.1. The van der Waals surface area contributed by atoms with Crippen LogP contribution in [0.2, 0.25) is 0 Å². The van der Waals surface area contributed by atoms with Crippen molar-refractivity contribution >= 4 is 23.2 Å². The van der Waals surface area contributed by atoms with Gasteiger partial charge in [0.2, 0.25) is 11.7 Å². The highest BCUT2D eigenvalue weighted by molar-refractivity contribution is 6.08. The number of anilines is 2. The summed E-state index contributed by atoms with van der Waals surface area (Å²) in [6.45, 7) is 8.00. The molecule has 0 spiro atoms. The minimum absolute atomic E-state index is 0.0822. The number of carbonyl (C=O) groups is 2. The molecule has 32 heavy (non-hydrogen) atoms. The van der Waals surface area contributed by atoms with Crippen molar-refractivity contribution in [2.24, 2.45) is 5.41 Å². The lowest BCUT2D eigenvalue weighted by Gasteiger charge is -2.27. The van der Waals surface area contributed by atoms with Crippen molar-refractivity contribution in [1.29, 1.82) is 0 Å². The fourth-order valence-electron chi connectivity index (χ4n) is 3.51. The maximum Gasteiger partial charge on any atom is 0.259 e. The summed E-state index contributed by atoms with van der Waals surface area (Å²) in [5, 5.41) is 2.86. The number of nitrogens with zero attached hydrogens (tertiary/aromatic N) is 1. The number of fused-ring (bicyclic) bond motifs is 1. The van der Waals surface area contributed by atoms with Crippen molar-refractivity contribution in [2.45, 2.75) is 13.8 Å². The minimum Gasteiger partial charge on any atom is -0.493 e. The summed E-state index contributed by atoms with van der Waals surface area (Å²) in [6, 6.07) is 8.40. The van der Waals surface area contributed by atoms with Gasteiger partial charge >= 0.3 is 0 Å². The Kier molecular flexibility index (Phi) is 6.62. The minimum atomic E-state index is -0.696. The average molecular weight is 440 g/mol. The van der Waals surface area contributed by atoms with Crippen LogP contribution in [-0.2, 0) is 4.79 Å². The topological polar surface area (TPSA) is 86.3 Å². The molecule has 0 saturated carbocycles. The Bertz CT molecular complexity index is 1050. The lowest BCUT2D eigenvalue weighted by Crippen LogP contribution is -2.42. The molecule has 0 aliphatic carbocycles. The molecule has 3 rings (SSSR count). The number of hydrogen-bond donors (Lipinski definition) is 1. The van der Waals surface area contributed by atoms with E-state index in [2.05, 4.69) is 11.9 Å². The van der Waals surface area contributed by atoms with Gasteiger partial charge in [0.15, 0.2) is 11.5 Å². The van der Waals surface area contributed by atoms with Crippen LogP contribution in [0.4, 0.5) is 11.4 Å². The van der Waals surface area contributed by atoms with E-state index in [1.54, 1.807) is 41.3 Å². The number of ether oxygens (including phenoxy) is 4. The molecule has 1 heterocycles. The summed E-state index contributed by atoms with van der Waals surface area (Å²) in [4.78, 5) is 27.7. The molecule has 2 aromatic rings. The first-order chi connectivity index (χ1) is 15.3. The van der Waals surface area contributed by atoms with Crippen LogP contribution in [0.3, 0.4) is 0 Å². The van der Waals surface area contributed by atoms with Crippen molar-refractivity contribution in [3.8, 4) is 23.0 Å². The van der Waals surface area contributed by atoms with Crippen LogP contribution in [0.15, 0.2) is 43.0 Å². The zero-order valence-electron chi connectivity index (χ0n) is 19.0.